The fourth-order valence-corrected chi connectivity index (χ4v) is 2.77. The molecule has 148 valence electrons. The quantitative estimate of drug-likeness (QED) is 0.492. The van der Waals surface area contributed by atoms with Crippen molar-refractivity contribution in [2.24, 2.45) is 0 Å². The van der Waals surface area contributed by atoms with Crippen molar-refractivity contribution in [3.63, 3.8) is 0 Å². The summed E-state index contributed by atoms with van der Waals surface area (Å²) in [4.78, 5) is 24.6. The highest BCUT2D eigenvalue weighted by Gasteiger charge is 2.12. The standard InChI is InChI=1S/C24H23NO4/c1-2-28-23-11-7-6-10-21(23)25-24(27)17-16-22(26)18-12-14-20(15-13-18)29-19-8-4-3-5-9-19/h3-15H,2,16-17H2,1H3,(H,25,27). The van der Waals surface area contributed by atoms with Gasteiger partial charge in [-0.1, -0.05) is 30.3 Å². The normalized spacial score (nSPS) is 10.2. The van der Waals surface area contributed by atoms with E-state index in [1.807, 2.05) is 49.4 Å². The summed E-state index contributed by atoms with van der Waals surface area (Å²) in [6.45, 7) is 2.39. The van der Waals surface area contributed by atoms with Gasteiger partial charge in [-0.25, -0.2) is 0 Å². The second-order valence-electron chi connectivity index (χ2n) is 6.34. The van der Waals surface area contributed by atoms with E-state index in [9.17, 15) is 9.59 Å². The molecule has 0 fully saturated rings. The van der Waals surface area contributed by atoms with E-state index in [1.165, 1.54) is 0 Å². The lowest BCUT2D eigenvalue weighted by atomic mass is 10.1. The second kappa shape index (κ2) is 10.1. The number of anilines is 1. The zero-order valence-corrected chi connectivity index (χ0v) is 16.3. The van der Waals surface area contributed by atoms with Crippen molar-refractivity contribution in [2.45, 2.75) is 19.8 Å². The Morgan fingerprint density at radius 2 is 1.45 bits per heavy atom. The van der Waals surface area contributed by atoms with Gasteiger partial charge in [0, 0.05) is 18.4 Å². The Balaban J connectivity index is 1.52. The number of Topliss-reactive ketones (excluding diaryl/α,β-unsaturated/α-hetero) is 1. The molecule has 3 rings (SSSR count). The number of carbonyl (C=O) groups excluding carboxylic acids is 2. The average Bonchev–Trinajstić information content (AvgIpc) is 2.75. The van der Waals surface area contributed by atoms with Gasteiger partial charge in [-0.15, -0.1) is 0 Å². The third-order valence-electron chi connectivity index (χ3n) is 4.20. The van der Waals surface area contributed by atoms with E-state index in [2.05, 4.69) is 5.32 Å². The highest BCUT2D eigenvalue weighted by atomic mass is 16.5. The maximum absolute atomic E-state index is 12.4. The van der Waals surface area contributed by atoms with E-state index < -0.39 is 0 Å². The number of amides is 1. The molecule has 3 aromatic carbocycles. The molecule has 0 spiro atoms. The Hall–Kier alpha value is -3.60. The number of hydrogen-bond donors (Lipinski definition) is 1. The monoisotopic (exact) mass is 389 g/mol. The average molecular weight is 389 g/mol. The third kappa shape index (κ3) is 5.94. The van der Waals surface area contributed by atoms with Crippen molar-refractivity contribution < 1.29 is 19.1 Å². The predicted octanol–water partition coefficient (Wildman–Crippen LogP) is 5.48. The van der Waals surface area contributed by atoms with Crippen molar-refractivity contribution in [3.8, 4) is 17.2 Å². The first-order valence-electron chi connectivity index (χ1n) is 9.53. The summed E-state index contributed by atoms with van der Waals surface area (Å²) in [5.41, 5.74) is 1.15. The second-order valence-corrected chi connectivity index (χ2v) is 6.34. The molecule has 0 aliphatic rings. The van der Waals surface area contributed by atoms with E-state index in [0.717, 1.165) is 5.75 Å². The Kier molecular flexibility index (Phi) is 7.00. The highest BCUT2D eigenvalue weighted by Crippen LogP contribution is 2.24. The molecule has 5 heteroatoms. The van der Waals surface area contributed by atoms with Gasteiger partial charge in [-0.05, 0) is 55.5 Å². The van der Waals surface area contributed by atoms with Crippen molar-refractivity contribution in [2.75, 3.05) is 11.9 Å². The van der Waals surface area contributed by atoms with Gasteiger partial charge in [0.05, 0.1) is 12.3 Å². The van der Waals surface area contributed by atoms with Gasteiger partial charge in [-0.3, -0.25) is 9.59 Å². The molecule has 1 N–H and O–H groups in total. The summed E-state index contributed by atoms with van der Waals surface area (Å²) in [5, 5.41) is 2.80. The summed E-state index contributed by atoms with van der Waals surface area (Å²) < 4.78 is 11.2. The summed E-state index contributed by atoms with van der Waals surface area (Å²) in [5.74, 6) is 1.68. The minimum Gasteiger partial charge on any atom is -0.492 e. The number of carbonyl (C=O) groups is 2. The molecular weight excluding hydrogens is 366 g/mol. The molecule has 0 aliphatic heterocycles. The summed E-state index contributed by atoms with van der Waals surface area (Å²) >= 11 is 0. The molecule has 0 atom stereocenters. The van der Waals surface area contributed by atoms with Gasteiger partial charge < -0.3 is 14.8 Å². The van der Waals surface area contributed by atoms with Crippen LogP contribution in [0, 0.1) is 0 Å². The molecule has 0 unspecified atom stereocenters. The first-order valence-corrected chi connectivity index (χ1v) is 9.53. The smallest absolute Gasteiger partial charge is 0.224 e. The van der Waals surface area contributed by atoms with Crippen LogP contribution in [0.5, 0.6) is 17.2 Å². The van der Waals surface area contributed by atoms with Gasteiger partial charge in [0.25, 0.3) is 0 Å². The number of ketones is 1. The van der Waals surface area contributed by atoms with E-state index >= 15 is 0 Å². The van der Waals surface area contributed by atoms with E-state index in [1.54, 1.807) is 36.4 Å². The molecule has 0 saturated carbocycles. The molecule has 3 aromatic rings. The minimum absolute atomic E-state index is 0.0931. The minimum atomic E-state index is -0.227. The number of ether oxygens (including phenoxy) is 2. The number of rotatable bonds is 9. The van der Waals surface area contributed by atoms with Gasteiger partial charge in [0.2, 0.25) is 5.91 Å². The predicted molar refractivity (Wildman–Crippen MR) is 113 cm³/mol. The van der Waals surface area contributed by atoms with Crippen molar-refractivity contribution in [3.05, 3.63) is 84.4 Å². The molecule has 1 amide bonds. The maximum atomic E-state index is 12.4. The van der Waals surface area contributed by atoms with Crippen LogP contribution >= 0.6 is 0 Å². The molecule has 0 heterocycles. The molecule has 0 saturated heterocycles. The van der Waals surface area contributed by atoms with Gasteiger partial charge in [0.15, 0.2) is 5.78 Å². The third-order valence-corrected chi connectivity index (χ3v) is 4.20. The summed E-state index contributed by atoms with van der Waals surface area (Å²) in [7, 11) is 0. The first kappa shape index (κ1) is 20.1. The lowest BCUT2D eigenvalue weighted by molar-refractivity contribution is -0.116. The van der Waals surface area contributed by atoms with E-state index in [-0.39, 0.29) is 24.5 Å². The van der Waals surface area contributed by atoms with Crippen LogP contribution in [-0.4, -0.2) is 18.3 Å². The van der Waals surface area contributed by atoms with Crippen LogP contribution in [0.15, 0.2) is 78.9 Å². The topological polar surface area (TPSA) is 64.6 Å². The molecule has 0 bridgehead atoms. The van der Waals surface area contributed by atoms with E-state index in [4.69, 9.17) is 9.47 Å². The fraction of sp³-hybridized carbons (Fsp3) is 0.167. The lowest BCUT2D eigenvalue weighted by Gasteiger charge is -2.11. The zero-order valence-electron chi connectivity index (χ0n) is 16.3. The Morgan fingerprint density at radius 1 is 0.793 bits per heavy atom. The SMILES string of the molecule is CCOc1ccccc1NC(=O)CCC(=O)c1ccc(Oc2ccccc2)cc1. The van der Waals surface area contributed by atoms with Crippen LogP contribution in [0.2, 0.25) is 0 Å². The number of nitrogens with one attached hydrogen (secondary N) is 1. The zero-order chi connectivity index (χ0) is 20.5. The van der Waals surface area contributed by atoms with Crippen LogP contribution in [0.1, 0.15) is 30.1 Å². The molecule has 29 heavy (non-hydrogen) atoms. The van der Waals surface area contributed by atoms with Gasteiger partial charge >= 0.3 is 0 Å². The summed E-state index contributed by atoms with van der Waals surface area (Å²) in [6, 6.07) is 23.6. The van der Waals surface area contributed by atoms with Crippen LogP contribution in [0.3, 0.4) is 0 Å². The molecule has 0 radical (unpaired) electrons. The Morgan fingerprint density at radius 3 is 2.17 bits per heavy atom. The van der Waals surface area contributed by atoms with Crippen LogP contribution < -0.4 is 14.8 Å². The Labute approximate surface area is 170 Å². The van der Waals surface area contributed by atoms with Crippen molar-refractivity contribution in [1.29, 1.82) is 0 Å². The van der Waals surface area contributed by atoms with Crippen molar-refractivity contribution in [1.82, 2.24) is 0 Å². The van der Waals surface area contributed by atoms with Crippen LogP contribution in [-0.2, 0) is 4.79 Å². The fourth-order valence-electron chi connectivity index (χ4n) is 2.77. The van der Waals surface area contributed by atoms with Crippen LogP contribution in [0.25, 0.3) is 0 Å². The van der Waals surface area contributed by atoms with Gasteiger partial charge in [-0.2, -0.15) is 0 Å². The van der Waals surface area contributed by atoms with Crippen LogP contribution in [0.4, 0.5) is 5.69 Å². The lowest BCUT2D eigenvalue weighted by Crippen LogP contribution is -2.14. The molecule has 5 nitrogen and oxygen atoms in total. The number of benzene rings is 3. The Bertz CT molecular complexity index is 952. The van der Waals surface area contributed by atoms with Gasteiger partial charge in [0.1, 0.15) is 17.2 Å². The maximum Gasteiger partial charge on any atom is 0.224 e. The molecule has 0 aromatic heterocycles. The number of para-hydroxylation sites is 3. The molecule has 0 aliphatic carbocycles. The molecular formula is C24H23NO4. The van der Waals surface area contributed by atoms with E-state index in [0.29, 0.717) is 29.4 Å². The number of hydrogen-bond acceptors (Lipinski definition) is 4. The first-order chi connectivity index (χ1) is 14.2. The summed E-state index contributed by atoms with van der Waals surface area (Å²) in [6.07, 6.45) is 0.225. The van der Waals surface area contributed by atoms with Crippen molar-refractivity contribution >= 4 is 17.4 Å². The largest absolute Gasteiger partial charge is 0.492 e. The highest BCUT2D eigenvalue weighted by molar-refractivity contribution is 6.00.